The number of rotatable bonds is 3. The number of carbonyl (C=O) groups excluding carboxylic acids is 1. The Morgan fingerprint density at radius 1 is 1.03 bits per heavy atom. The molecule has 1 aliphatic heterocycles. The van der Waals surface area contributed by atoms with Crippen molar-refractivity contribution in [3.63, 3.8) is 0 Å². The maximum absolute atomic E-state index is 13.8. The molecule has 3 aromatic carbocycles. The molecule has 0 saturated heterocycles. The molecule has 5 nitrogen and oxygen atoms in total. The number of ether oxygens (including phenoxy) is 1. The van der Waals surface area contributed by atoms with E-state index < -0.39 is 0 Å². The molecule has 0 radical (unpaired) electrons. The predicted molar refractivity (Wildman–Crippen MR) is 137 cm³/mol. The number of aryl methyl sites for hydroxylation is 1. The summed E-state index contributed by atoms with van der Waals surface area (Å²) < 4.78 is 7.65. The summed E-state index contributed by atoms with van der Waals surface area (Å²) >= 11 is 1.39. The van der Waals surface area contributed by atoms with Crippen LogP contribution in [0.4, 0.5) is 0 Å². The van der Waals surface area contributed by atoms with Gasteiger partial charge in [-0.2, -0.15) is 0 Å². The van der Waals surface area contributed by atoms with E-state index in [-0.39, 0.29) is 17.6 Å². The van der Waals surface area contributed by atoms with Crippen molar-refractivity contribution in [2.24, 2.45) is 4.99 Å². The summed E-state index contributed by atoms with van der Waals surface area (Å²) in [7, 11) is 0. The van der Waals surface area contributed by atoms with Crippen LogP contribution >= 0.6 is 11.3 Å². The minimum absolute atomic E-state index is 0.0640. The number of carbonyl (C=O) groups is 1. The molecule has 0 bridgehead atoms. The first-order chi connectivity index (χ1) is 17.1. The van der Waals surface area contributed by atoms with Gasteiger partial charge >= 0.3 is 5.97 Å². The van der Waals surface area contributed by atoms with Crippen LogP contribution in [0, 0.1) is 0 Å². The van der Waals surface area contributed by atoms with Gasteiger partial charge in [0, 0.05) is 12.5 Å². The highest BCUT2D eigenvalue weighted by molar-refractivity contribution is 7.07. The van der Waals surface area contributed by atoms with Crippen molar-refractivity contribution in [2.45, 2.75) is 25.8 Å². The zero-order valence-electron chi connectivity index (χ0n) is 19.1. The van der Waals surface area contributed by atoms with Gasteiger partial charge in [-0.15, -0.1) is 0 Å². The number of thiazole rings is 1. The lowest BCUT2D eigenvalue weighted by Crippen LogP contribution is -2.38. The Balaban J connectivity index is 1.56. The molecule has 0 saturated carbocycles. The standard InChI is InChI=1S/C29H22N2O3S/c1-18(32)34-22-12-7-8-19(16-22)17-25-28(33)31-27(21-10-3-2-4-11-21)24-15-14-20-9-5-6-13-23(20)26(24)30-29(31)35-25/h2-13,16-17,27H,14-15H2,1H3/b25-17-/t27-/m0/s1. The van der Waals surface area contributed by atoms with Crippen LogP contribution in [0.25, 0.3) is 11.8 Å². The highest BCUT2D eigenvalue weighted by Gasteiger charge is 2.32. The molecule has 2 aliphatic rings. The van der Waals surface area contributed by atoms with Gasteiger partial charge in [0.15, 0.2) is 4.80 Å². The molecule has 0 N–H and O–H groups in total. The largest absolute Gasteiger partial charge is 0.427 e. The van der Waals surface area contributed by atoms with E-state index in [0.29, 0.717) is 15.1 Å². The molecular weight excluding hydrogens is 456 g/mol. The van der Waals surface area contributed by atoms with Gasteiger partial charge in [-0.25, -0.2) is 4.99 Å². The second-order valence-corrected chi connectivity index (χ2v) is 9.70. The molecule has 35 heavy (non-hydrogen) atoms. The van der Waals surface area contributed by atoms with Crippen molar-refractivity contribution in [3.8, 4) is 5.75 Å². The van der Waals surface area contributed by atoms with Crippen LogP contribution in [0.2, 0.25) is 0 Å². The molecule has 172 valence electrons. The van der Waals surface area contributed by atoms with E-state index in [0.717, 1.165) is 35.2 Å². The van der Waals surface area contributed by atoms with E-state index in [9.17, 15) is 9.59 Å². The fraction of sp³-hybridized carbons (Fsp3) is 0.138. The normalized spacial score (nSPS) is 16.7. The Hall–Kier alpha value is -4.03. The minimum atomic E-state index is -0.379. The third kappa shape index (κ3) is 3.86. The van der Waals surface area contributed by atoms with E-state index >= 15 is 0 Å². The summed E-state index contributed by atoms with van der Waals surface area (Å²) in [5.74, 6) is 0.0727. The van der Waals surface area contributed by atoms with Crippen molar-refractivity contribution in [1.82, 2.24) is 4.57 Å². The Bertz CT molecular complexity index is 1680. The predicted octanol–water partition coefficient (Wildman–Crippen LogP) is 4.24. The number of nitrogens with zero attached hydrogens (tertiary/aromatic N) is 2. The molecule has 0 unspecified atom stereocenters. The SMILES string of the molecule is CC(=O)Oc1cccc(/C=c2\sc3n(c2=O)[C@@H](c2ccccc2)C2=C(N=3)c3ccccc3CC2)c1. The van der Waals surface area contributed by atoms with E-state index in [4.69, 9.17) is 9.73 Å². The van der Waals surface area contributed by atoms with Crippen molar-refractivity contribution in [1.29, 1.82) is 0 Å². The highest BCUT2D eigenvalue weighted by atomic mass is 32.1. The van der Waals surface area contributed by atoms with Crippen LogP contribution in [0.3, 0.4) is 0 Å². The zero-order chi connectivity index (χ0) is 23.9. The summed E-state index contributed by atoms with van der Waals surface area (Å²) in [6, 6.07) is 25.6. The molecular formula is C29H22N2O3S. The summed E-state index contributed by atoms with van der Waals surface area (Å²) in [4.78, 5) is 30.8. The number of benzene rings is 3. The van der Waals surface area contributed by atoms with Gasteiger partial charge in [-0.05, 0) is 53.3 Å². The lowest BCUT2D eigenvalue weighted by molar-refractivity contribution is -0.131. The second-order valence-electron chi connectivity index (χ2n) is 8.69. The van der Waals surface area contributed by atoms with Crippen molar-refractivity contribution >= 4 is 29.1 Å². The van der Waals surface area contributed by atoms with Gasteiger partial charge in [-0.3, -0.25) is 14.2 Å². The first-order valence-electron chi connectivity index (χ1n) is 11.5. The van der Waals surface area contributed by atoms with Crippen LogP contribution in [0.15, 0.2) is 94.2 Å². The number of fused-ring (bicyclic) bond motifs is 3. The van der Waals surface area contributed by atoms with E-state index in [1.54, 1.807) is 12.1 Å². The summed E-state index contributed by atoms with van der Waals surface area (Å²) in [5, 5.41) is 0. The van der Waals surface area contributed by atoms with Crippen molar-refractivity contribution in [3.05, 3.63) is 126 Å². The van der Waals surface area contributed by atoms with Gasteiger partial charge < -0.3 is 4.74 Å². The van der Waals surface area contributed by atoms with E-state index in [2.05, 4.69) is 30.3 Å². The number of hydrogen-bond donors (Lipinski definition) is 0. The Morgan fingerprint density at radius 2 is 1.83 bits per heavy atom. The van der Waals surface area contributed by atoms with Gasteiger partial charge in [0.2, 0.25) is 0 Å². The fourth-order valence-electron chi connectivity index (χ4n) is 4.94. The highest BCUT2D eigenvalue weighted by Crippen LogP contribution is 2.41. The molecule has 6 heteroatoms. The van der Waals surface area contributed by atoms with Crippen LogP contribution in [0.5, 0.6) is 5.75 Å². The molecule has 1 aromatic heterocycles. The summed E-state index contributed by atoms with van der Waals surface area (Å²) in [6.45, 7) is 1.37. The molecule has 1 atom stereocenters. The quantitative estimate of drug-likeness (QED) is 0.327. The molecule has 6 rings (SSSR count). The minimum Gasteiger partial charge on any atom is -0.427 e. The molecule has 1 aliphatic carbocycles. The average Bonchev–Trinajstić information content (AvgIpc) is 3.17. The Labute approximate surface area is 206 Å². The summed E-state index contributed by atoms with van der Waals surface area (Å²) in [5.41, 5.74) is 6.44. The lowest BCUT2D eigenvalue weighted by atomic mass is 9.83. The van der Waals surface area contributed by atoms with Gasteiger partial charge in [-0.1, -0.05) is 78.1 Å². The monoisotopic (exact) mass is 478 g/mol. The first-order valence-corrected chi connectivity index (χ1v) is 12.4. The maximum Gasteiger partial charge on any atom is 0.308 e. The van der Waals surface area contributed by atoms with Crippen molar-refractivity contribution < 1.29 is 9.53 Å². The average molecular weight is 479 g/mol. The van der Waals surface area contributed by atoms with Gasteiger partial charge in [0.1, 0.15) is 5.75 Å². The van der Waals surface area contributed by atoms with Crippen LogP contribution in [0.1, 0.15) is 41.6 Å². The maximum atomic E-state index is 13.8. The smallest absolute Gasteiger partial charge is 0.308 e. The number of hydrogen-bond acceptors (Lipinski definition) is 5. The molecule has 0 amide bonds. The van der Waals surface area contributed by atoms with Crippen LogP contribution < -0.4 is 19.6 Å². The second kappa shape index (κ2) is 8.64. The fourth-order valence-corrected chi connectivity index (χ4v) is 5.94. The third-order valence-electron chi connectivity index (χ3n) is 6.41. The van der Waals surface area contributed by atoms with Crippen LogP contribution in [-0.4, -0.2) is 10.5 Å². The molecule has 0 fully saturated rings. The zero-order valence-corrected chi connectivity index (χ0v) is 19.9. The van der Waals surface area contributed by atoms with Gasteiger partial charge in [0.05, 0.1) is 16.3 Å². The number of aromatic nitrogens is 1. The lowest BCUT2D eigenvalue weighted by Gasteiger charge is -2.30. The number of allylic oxidation sites excluding steroid dienone is 1. The molecule has 0 spiro atoms. The molecule has 2 heterocycles. The molecule has 4 aromatic rings. The first kappa shape index (κ1) is 21.5. The number of esters is 1. The topological polar surface area (TPSA) is 60.7 Å². The van der Waals surface area contributed by atoms with E-state index in [1.165, 1.54) is 29.4 Å². The van der Waals surface area contributed by atoms with E-state index in [1.807, 2.05) is 47.0 Å². The van der Waals surface area contributed by atoms with Crippen molar-refractivity contribution in [2.75, 3.05) is 0 Å². The Kier molecular flexibility index (Phi) is 5.30. The third-order valence-corrected chi connectivity index (χ3v) is 7.39. The Morgan fingerprint density at radius 3 is 2.66 bits per heavy atom. The summed E-state index contributed by atoms with van der Waals surface area (Å²) in [6.07, 6.45) is 3.64. The van der Waals surface area contributed by atoms with Crippen LogP contribution in [-0.2, 0) is 11.2 Å². The van der Waals surface area contributed by atoms with Gasteiger partial charge in [0.25, 0.3) is 5.56 Å².